The predicted molar refractivity (Wildman–Crippen MR) is 97.3 cm³/mol. The van der Waals surface area contributed by atoms with Crippen LogP contribution in [0.1, 0.15) is 51.0 Å². The number of benzene rings is 1. The Bertz CT molecular complexity index is 643. The standard InChI is InChI=1S/C18H24ClN3O2/c1-12-5-3-4-6-16(12)21-22-18(24)10-9-17(23)20-15-8-7-14(19)11-13(15)2/h7-8,11-12H,3-6,9-10H2,1-2H3,(H,20,23)(H,22,24)/b21-16-/t12-/m0/s1. The zero-order valence-corrected chi connectivity index (χ0v) is 14.9. The highest BCUT2D eigenvalue weighted by molar-refractivity contribution is 6.30. The fourth-order valence-corrected chi connectivity index (χ4v) is 2.96. The summed E-state index contributed by atoms with van der Waals surface area (Å²) in [5, 5.41) is 7.64. The van der Waals surface area contributed by atoms with E-state index in [0.29, 0.717) is 16.6 Å². The Morgan fingerprint density at radius 2 is 2.00 bits per heavy atom. The molecule has 0 bridgehead atoms. The van der Waals surface area contributed by atoms with E-state index in [-0.39, 0.29) is 24.7 Å². The summed E-state index contributed by atoms with van der Waals surface area (Å²) >= 11 is 5.89. The highest BCUT2D eigenvalue weighted by Crippen LogP contribution is 2.21. The maximum absolute atomic E-state index is 12.0. The van der Waals surface area contributed by atoms with E-state index >= 15 is 0 Å². The summed E-state index contributed by atoms with van der Waals surface area (Å²) < 4.78 is 0. The fraction of sp³-hybridized carbons (Fsp3) is 0.500. The van der Waals surface area contributed by atoms with Crippen LogP contribution in [0.4, 0.5) is 5.69 Å². The molecule has 1 aliphatic carbocycles. The summed E-state index contributed by atoms with van der Waals surface area (Å²) in [5.41, 5.74) is 5.22. The Balaban J connectivity index is 1.76. The number of nitrogens with one attached hydrogen (secondary N) is 2. The van der Waals surface area contributed by atoms with Gasteiger partial charge >= 0.3 is 0 Å². The molecule has 1 aromatic rings. The summed E-state index contributed by atoms with van der Waals surface area (Å²) in [6.45, 7) is 4.00. The molecule has 1 saturated carbocycles. The molecule has 0 spiro atoms. The van der Waals surface area contributed by atoms with Gasteiger partial charge in [-0.2, -0.15) is 5.10 Å². The molecule has 24 heavy (non-hydrogen) atoms. The maximum Gasteiger partial charge on any atom is 0.240 e. The van der Waals surface area contributed by atoms with Gasteiger partial charge in [-0.25, -0.2) is 5.43 Å². The fourth-order valence-electron chi connectivity index (χ4n) is 2.73. The summed E-state index contributed by atoms with van der Waals surface area (Å²) in [7, 11) is 0. The third kappa shape index (κ3) is 5.64. The van der Waals surface area contributed by atoms with Crippen molar-refractivity contribution < 1.29 is 9.59 Å². The average molecular weight is 350 g/mol. The summed E-state index contributed by atoms with van der Waals surface area (Å²) in [5.74, 6) is -0.00672. The predicted octanol–water partition coefficient (Wildman–Crippen LogP) is 4.05. The number of halogens is 1. The number of carbonyl (C=O) groups is 2. The van der Waals surface area contributed by atoms with Crippen molar-refractivity contribution in [3.8, 4) is 0 Å². The molecule has 0 heterocycles. The van der Waals surface area contributed by atoms with Gasteiger partial charge in [0.05, 0.1) is 0 Å². The molecule has 2 N–H and O–H groups in total. The van der Waals surface area contributed by atoms with Crippen LogP contribution in [0.3, 0.4) is 0 Å². The van der Waals surface area contributed by atoms with Gasteiger partial charge in [-0.15, -0.1) is 0 Å². The van der Waals surface area contributed by atoms with Gasteiger partial charge in [0, 0.05) is 29.3 Å². The third-order valence-corrected chi connectivity index (χ3v) is 4.49. The Hall–Kier alpha value is -1.88. The van der Waals surface area contributed by atoms with Crippen LogP contribution in [-0.4, -0.2) is 17.5 Å². The molecule has 2 rings (SSSR count). The van der Waals surface area contributed by atoms with Crippen molar-refractivity contribution in [2.24, 2.45) is 11.0 Å². The second-order valence-electron chi connectivity index (χ2n) is 6.29. The van der Waals surface area contributed by atoms with Crippen LogP contribution >= 0.6 is 11.6 Å². The Morgan fingerprint density at radius 3 is 2.71 bits per heavy atom. The van der Waals surface area contributed by atoms with Crippen molar-refractivity contribution >= 4 is 34.8 Å². The third-order valence-electron chi connectivity index (χ3n) is 4.25. The van der Waals surface area contributed by atoms with E-state index in [1.165, 1.54) is 6.42 Å². The molecule has 0 saturated heterocycles. The Labute approximate surface area is 147 Å². The van der Waals surface area contributed by atoms with Gasteiger partial charge in [-0.3, -0.25) is 9.59 Å². The van der Waals surface area contributed by atoms with Crippen LogP contribution in [0, 0.1) is 12.8 Å². The molecule has 5 nitrogen and oxygen atoms in total. The van der Waals surface area contributed by atoms with E-state index in [4.69, 9.17) is 11.6 Å². The lowest BCUT2D eigenvalue weighted by Gasteiger charge is -2.19. The van der Waals surface area contributed by atoms with E-state index in [0.717, 1.165) is 30.5 Å². The highest BCUT2D eigenvalue weighted by Gasteiger charge is 2.16. The van der Waals surface area contributed by atoms with E-state index in [2.05, 4.69) is 22.8 Å². The van der Waals surface area contributed by atoms with E-state index < -0.39 is 0 Å². The number of anilines is 1. The van der Waals surface area contributed by atoms with Crippen molar-refractivity contribution in [1.82, 2.24) is 5.43 Å². The summed E-state index contributed by atoms with van der Waals surface area (Å²) in [6.07, 6.45) is 4.65. The first-order valence-corrected chi connectivity index (χ1v) is 8.75. The molecule has 1 atom stereocenters. The summed E-state index contributed by atoms with van der Waals surface area (Å²) in [6, 6.07) is 5.26. The molecule has 1 fully saturated rings. The molecular formula is C18H24ClN3O2. The van der Waals surface area contributed by atoms with Gasteiger partial charge in [-0.05, 0) is 55.9 Å². The molecule has 1 aromatic carbocycles. The monoisotopic (exact) mass is 349 g/mol. The van der Waals surface area contributed by atoms with Crippen LogP contribution in [0.2, 0.25) is 5.02 Å². The number of nitrogens with zero attached hydrogens (tertiary/aromatic N) is 1. The van der Waals surface area contributed by atoms with Crippen molar-refractivity contribution in [1.29, 1.82) is 0 Å². The molecule has 2 amide bonds. The molecular weight excluding hydrogens is 326 g/mol. The van der Waals surface area contributed by atoms with Crippen LogP contribution in [0.25, 0.3) is 0 Å². The van der Waals surface area contributed by atoms with Crippen LogP contribution in [0.15, 0.2) is 23.3 Å². The zero-order valence-electron chi connectivity index (χ0n) is 14.2. The number of hydrogen-bond donors (Lipinski definition) is 2. The van der Waals surface area contributed by atoms with Gasteiger partial charge in [0.2, 0.25) is 11.8 Å². The second-order valence-corrected chi connectivity index (χ2v) is 6.73. The maximum atomic E-state index is 12.0. The molecule has 130 valence electrons. The van der Waals surface area contributed by atoms with Crippen molar-refractivity contribution in [2.45, 2.75) is 52.4 Å². The molecule has 0 radical (unpaired) electrons. The van der Waals surface area contributed by atoms with Crippen molar-refractivity contribution in [2.75, 3.05) is 5.32 Å². The minimum absolute atomic E-state index is 0.115. The quantitative estimate of drug-likeness (QED) is 0.787. The van der Waals surface area contributed by atoms with E-state index in [1.54, 1.807) is 18.2 Å². The number of carbonyl (C=O) groups excluding carboxylic acids is 2. The Morgan fingerprint density at radius 1 is 1.25 bits per heavy atom. The van der Waals surface area contributed by atoms with Crippen LogP contribution in [-0.2, 0) is 9.59 Å². The molecule has 0 aromatic heterocycles. The highest BCUT2D eigenvalue weighted by atomic mass is 35.5. The number of aryl methyl sites for hydroxylation is 1. The first-order chi connectivity index (χ1) is 11.5. The molecule has 6 heteroatoms. The first-order valence-electron chi connectivity index (χ1n) is 8.37. The normalized spacial score (nSPS) is 19.1. The lowest BCUT2D eigenvalue weighted by molar-refractivity contribution is -0.124. The lowest BCUT2D eigenvalue weighted by atomic mass is 9.89. The number of rotatable bonds is 5. The second kappa shape index (κ2) is 8.83. The SMILES string of the molecule is Cc1cc(Cl)ccc1NC(=O)CCC(=O)N/N=C1/CCCC[C@@H]1C. The van der Waals surface area contributed by atoms with E-state index in [1.807, 2.05) is 6.92 Å². The van der Waals surface area contributed by atoms with Crippen molar-refractivity contribution in [3.63, 3.8) is 0 Å². The number of amides is 2. The van der Waals surface area contributed by atoms with Crippen molar-refractivity contribution in [3.05, 3.63) is 28.8 Å². The lowest BCUT2D eigenvalue weighted by Crippen LogP contribution is -2.25. The zero-order chi connectivity index (χ0) is 17.5. The molecule has 1 aliphatic rings. The van der Waals surface area contributed by atoms with Gasteiger partial charge in [0.15, 0.2) is 0 Å². The van der Waals surface area contributed by atoms with Crippen LogP contribution in [0.5, 0.6) is 0 Å². The Kier molecular flexibility index (Phi) is 6.79. The number of hydrazone groups is 1. The van der Waals surface area contributed by atoms with Crippen LogP contribution < -0.4 is 10.7 Å². The van der Waals surface area contributed by atoms with Gasteiger partial charge in [0.25, 0.3) is 0 Å². The topological polar surface area (TPSA) is 70.6 Å². The van der Waals surface area contributed by atoms with Gasteiger partial charge in [-0.1, -0.05) is 24.9 Å². The van der Waals surface area contributed by atoms with E-state index in [9.17, 15) is 9.59 Å². The largest absolute Gasteiger partial charge is 0.326 e. The molecule has 0 aliphatic heterocycles. The summed E-state index contributed by atoms with van der Waals surface area (Å²) in [4.78, 5) is 23.8. The van der Waals surface area contributed by atoms with Gasteiger partial charge in [0.1, 0.15) is 0 Å². The number of hydrogen-bond acceptors (Lipinski definition) is 3. The minimum atomic E-state index is -0.233. The minimum Gasteiger partial charge on any atom is -0.326 e. The average Bonchev–Trinajstić information content (AvgIpc) is 2.55. The molecule has 0 unspecified atom stereocenters. The van der Waals surface area contributed by atoms with Gasteiger partial charge < -0.3 is 5.32 Å². The first kappa shape index (κ1) is 18.5. The smallest absolute Gasteiger partial charge is 0.240 e.